The van der Waals surface area contributed by atoms with Gasteiger partial charge in [0.1, 0.15) is 0 Å². The Hall–Kier alpha value is -0.895. The van der Waals surface area contributed by atoms with Gasteiger partial charge in [0.25, 0.3) is 0 Å². The number of rotatable bonds is 1. The van der Waals surface area contributed by atoms with E-state index >= 15 is 0 Å². The third-order valence-corrected chi connectivity index (χ3v) is 0.899. The van der Waals surface area contributed by atoms with Gasteiger partial charge in [-0.2, -0.15) is 4.39 Å². The van der Waals surface area contributed by atoms with E-state index < -0.39 is 5.95 Å². The zero-order valence-corrected chi connectivity index (χ0v) is 4.58. The van der Waals surface area contributed by atoms with Crippen LogP contribution in [-0.2, 0) is 0 Å². The predicted octanol–water partition coefficient (Wildman–Crippen LogP) is -0.542. The molecule has 0 fully saturated rings. The maximum Gasteiger partial charge on any atom is 0.328 e. The molecule has 1 aromatic heterocycles. The largest absolute Gasteiger partial charge is 0.450 e. The lowest BCUT2D eigenvalue weighted by molar-refractivity contribution is 0.583. The number of halogens is 1. The Bertz CT molecular complexity index is 189. The molecule has 0 atom stereocenters. The second-order valence-corrected chi connectivity index (χ2v) is 1.54. The number of nitrogens with zero attached hydrogens (tertiary/aromatic N) is 1. The molecule has 45 valence electrons. The Labute approximate surface area is 52.6 Å². The average Bonchev–Trinajstić information content (AvgIpc) is 1.90. The second kappa shape index (κ2) is 2.59. The minimum absolute atomic E-state index is 0.497. The van der Waals surface area contributed by atoms with E-state index in [2.05, 4.69) is 4.98 Å². The van der Waals surface area contributed by atoms with Crippen molar-refractivity contribution in [2.24, 2.45) is 0 Å². The Balaban J connectivity index is 2.88. The molecule has 0 aliphatic rings. The first kappa shape index (κ1) is 6.23. The van der Waals surface area contributed by atoms with Crippen molar-refractivity contribution in [2.45, 2.75) is 0 Å². The molecule has 0 saturated carbocycles. The van der Waals surface area contributed by atoms with Crippen LogP contribution in [0.4, 0.5) is 4.39 Å². The summed E-state index contributed by atoms with van der Waals surface area (Å²) in [6.45, 7) is 0. The normalized spacial score (nSPS) is 9.11. The first-order valence-corrected chi connectivity index (χ1v) is 2.42. The lowest BCUT2D eigenvalue weighted by Gasteiger charge is -1.89. The predicted molar refractivity (Wildman–Crippen MR) is 31.8 cm³/mol. The van der Waals surface area contributed by atoms with Gasteiger partial charge in [-0.25, -0.2) is 4.98 Å². The van der Waals surface area contributed by atoms with Crippen LogP contribution in [0, 0.1) is 5.95 Å². The zero-order chi connectivity index (χ0) is 6.69. The van der Waals surface area contributed by atoms with Crippen LogP contribution in [0.15, 0.2) is 18.3 Å². The van der Waals surface area contributed by atoms with E-state index in [1.807, 2.05) is 0 Å². The minimum Gasteiger partial charge on any atom is -0.450 e. The van der Waals surface area contributed by atoms with Crippen LogP contribution in [0.3, 0.4) is 0 Å². The summed E-state index contributed by atoms with van der Waals surface area (Å²) >= 11 is 0. The second-order valence-electron chi connectivity index (χ2n) is 1.54. The van der Waals surface area contributed by atoms with E-state index in [-0.39, 0.29) is 0 Å². The van der Waals surface area contributed by atoms with Gasteiger partial charge in [-0.1, -0.05) is 6.07 Å². The number of aromatic nitrogens is 1. The molecular weight excluding hydrogens is 120 g/mol. The van der Waals surface area contributed by atoms with Crippen LogP contribution in [-0.4, -0.2) is 17.5 Å². The van der Waals surface area contributed by atoms with E-state index in [9.17, 15) is 4.39 Å². The molecule has 2 nitrogen and oxygen atoms in total. The zero-order valence-electron chi connectivity index (χ0n) is 4.58. The molecule has 0 saturated heterocycles. The fraction of sp³-hybridized carbons (Fsp3) is 0. The van der Waals surface area contributed by atoms with Crippen molar-refractivity contribution in [3.8, 4) is 0 Å². The van der Waals surface area contributed by atoms with Gasteiger partial charge in [-0.3, -0.25) is 0 Å². The van der Waals surface area contributed by atoms with Crippen molar-refractivity contribution in [3.63, 3.8) is 0 Å². The molecule has 0 unspecified atom stereocenters. The number of hydrogen-bond acceptors (Lipinski definition) is 2. The lowest BCUT2D eigenvalue weighted by Crippen LogP contribution is -2.13. The van der Waals surface area contributed by atoms with Gasteiger partial charge in [0.05, 0.1) is 0 Å². The number of pyridine rings is 1. The van der Waals surface area contributed by atoms with Crippen molar-refractivity contribution >= 4 is 12.9 Å². The Morgan fingerprint density at radius 3 is 2.78 bits per heavy atom. The molecule has 0 bridgehead atoms. The molecule has 0 spiro atoms. The van der Waals surface area contributed by atoms with Gasteiger partial charge < -0.3 is 5.02 Å². The van der Waals surface area contributed by atoms with Crippen LogP contribution in [0.5, 0.6) is 0 Å². The van der Waals surface area contributed by atoms with Crippen LogP contribution in [0.1, 0.15) is 0 Å². The van der Waals surface area contributed by atoms with E-state index in [4.69, 9.17) is 5.02 Å². The summed E-state index contributed by atoms with van der Waals surface area (Å²) in [5.41, 5.74) is 0.497. The van der Waals surface area contributed by atoms with Gasteiger partial charge in [0.15, 0.2) is 0 Å². The summed E-state index contributed by atoms with van der Waals surface area (Å²) in [7, 11) is 0.867. The summed E-state index contributed by atoms with van der Waals surface area (Å²) in [4.78, 5) is 3.29. The standard InChI is InChI=1S/C5H4BFNO/c7-5-2-1-4(6-9)3-8-5/h1-3,9H. The monoisotopic (exact) mass is 124 g/mol. The maximum absolute atomic E-state index is 12.0. The van der Waals surface area contributed by atoms with Crippen molar-refractivity contribution in [1.29, 1.82) is 0 Å². The minimum atomic E-state index is -0.541. The summed E-state index contributed by atoms with van der Waals surface area (Å²) in [5, 5.41) is 8.34. The van der Waals surface area contributed by atoms with Crippen molar-refractivity contribution in [2.75, 3.05) is 0 Å². The molecule has 1 heterocycles. The average molecular weight is 124 g/mol. The van der Waals surface area contributed by atoms with Crippen LogP contribution >= 0.6 is 0 Å². The van der Waals surface area contributed by atoms with E-state index in [1.165, 1.54) is 18.3 Å². The molecule has 0 amide bonds. The smallest absolute Gasteiger partial charge is 0.328 e. The van der Waals surface area contributed by atoms with Crippen molar-refractivity contribution < 1.29 is 9.41 Å². The molecule has 1 radical (unpaired) electrons. The lowest BCUT2D eigenvalue weighted by atomic mass is 9.91. The topological polar surface area (TPSA) is 33.1 Å². The fourth-order valence-corrected chi connectivity index (χ4v) is 0.464. The van der Waals surface area contributed by atoms with Gasteiger partial charge in [0.2, 0.25) is 5.95 Å². The Morgan fingerprint density at radius 1 is 1.56 bits per heavy atom. The van der Waals surface area contributed by atoms with Gasteiger partial charge in [-0.05, 0) is 11.5 Å². The Morgan fingerprint density at radius 2 is 2.33 bits per heavy atom. The fourth-order valence-electron chi connectivity index (χ4n) is 0.464. The summed E-state index contributed by atoms with van der Waals surface area (Å²) in [6.07, 6.45) is 1.25. The van der Waals surface area contributed by atoms with Gasteiger partial charge >= 0.3 is 7.48 Å². The third-order valence-electron chi connectivity index (χ3n) is 0.899. The molecule has 0 aliphatic carbocycles. The molecule has 1 rings (SSSR count). The summed E-state index contributed by atoms with van der Waals surface area (Å²) < 4.78 is 12.0. The van der Waals surface area contributed by atoms with Crippen LogP contribution in [0.2, 0.25) is 0 Å². The highest BCUT2D eigenvalue weighted by Crippen LogP contribution is 1.84. The van der Waals surface area contributed by atoms with E-state index in [0.717, 1.165) is 7.48 Å². The first-order valence-electron chi connectivity index (χ1n) is 2.42. The van der Waals surface area contributed by atoms with E-state index in [1.54, 1.807) is 0 Å². The maximum atomic E-state index is 12.0. The molecule has 9 heavy (non-hydrogen) atoms. The highest BCUT2D eigenvalue weighted by molar-refractivity contribution is 6.45. The van der Waals surface area contributed by atoms with Crippen LogP contribution < -0.4 is 5.46 Å². The molecular formula is C5H4BFNO. The molecule has 0 aliphatic heterocycles. The molecule has 4 heteroatoms. The van der Waals surface area contributed by atoms with Crippen molar-refractivity contribution in [3.05, 3.63) is 24.3 Å². The first-order chi connectivity index (χ1) is 4.33. The number of hydrogen-bond donors (Lipinski definition) is 1. The molecule has 1 N–H and O–H groups in total. The highest BCUT2D eigenvalue weighted by atomic mass is 19.1. The SMILES string of the molecule is O[B]c1ccc(F)nc1. The van der Waals surface area contributed by atoms with Crippen molar-refractivity contribution in [1.82, 2.24) is 4.98 Å². The van der Waals surface area contributed by atoms with E-state index in [0.29, 0.717) is 5.46 Å². The molecule has 1 aromatic rings. The van der Waals surface area contributed by atoms with Gasteiger partial charge in [-0.15, -0.1) is 0 Å². The van der Waals surface area contributed by atoms with Gasteiger partial charge in [0, 0.05) is 6.20 Å². The summed E-state index contributed by atoms with van der Waals surface area (Å²) in [6, 6.07) is 2.62. The highest BCUT2D eigenvalue weighted by Gasteiger charge is 1.92. The van der Waals surface area contributed by atoms with Crippen LogP contribution in [0.25, 0.3) is 0 Å². The summed E-state index contributed by atoms with van der Waals surface area (Å²) in [5.74, 6) is -0.541. The third kappa shape index (κ3) is 1.50. The molecule has 0 aromatic carbocycles. The quantitative estimate of drug-likeness (QED) is 0.402. The Kier molecular flexibility index (Phi) is 1.79.